The second-order valence-corrected chi connectivity index (χ2v) is 5.47. The zero-order valence-electron chi connectivity index (χ0n) is 12.7. The first-order valence-corrected chi connectivity index (χ1v) is 7.46. The van der Waals surface area contributed by atoms with Crippen LogP contribution in [-0.4, -0.2) is 81.5 Å². The average molecular weight is 293 g/mol. The molecular weight excluding hydrogens is 270 g/mol. The van der Waals surface area contributed by atoms with Crippen molar-refractivity contribution in [3.63, 3.8) is 0 Å². The molecule has 0 saturated carbocycles. The Balaban J connectivity index is 1.89. The Morgan fingerprint density at radius 2 is 1.48 bits per heavy atom. The number of hydrogen-bond donors (Lipinski definition) is 1. The minimum atomic E-state index is 0.708. The highest BCUT2D eigenvalue weighted by molar-refractivity contribution is 5.46. The van der Waals surface area contributed by atoms with Gasteiger partial charge in [0.05, 0.1) is 13.2 Å². The summed E-state index contributed by atoms with van der Waals surface area (Å²) >= 11 is 0. The van der Waals surface area contributed by atoms with Gasteiger partial charge in [0.15, 0.2) is 0 Å². The predicted octanol–water partition coefficient (Wildman–Crippen LogP) is -0.816. The van der Waals surface area contributed by atoms with E-state index in [0.29, 0.717) is 5.95 Å². The molecule has 1 N–H and O–H groups in total. The third-order valence-electron chi connectivity index (χ3n) is 3.69. The van der Waals surface area contributed by atoms with E-state index in [1.54, 1.807) is 0 Å². The predicted molar refractivity (Wildman–Crippen MR) is 82.3 cm³/mol. The highest BCUT2D eigenvalue weighted by Gasteiger charge is 2.20. The molecule has 2 fully saturated rings. The quantitative estimate of drug-likeness (QED) is 0.775. The summed E-state index contributed by atoms with van der Waals surface area (Å²) in [6.45, 7) is 6.91. The van der Waals surface area contributed by atoms with Crippen LogP contribution in [0, 0.1) is 0 Å². The van der Waals surface area contributed by atoms with Crippen LogP contribution in [0.5, 0.6) is 0 Å². The minimum Gasteiger partial charge on any atom is -0.378 e. The highest BCUT2D eigenvalue weighted by atomic mass is 16.5. The third kappa shape index (κ3) is 3.33. The van der Waals surface area contributed by atoms with Crippen molar-refractivity contribution < 1.29 is 4.74 Å². The van der Waals surface area contributed by atoms with Gasteiger partial charge in [0.2, 0.25) is 17.8 Å². The van der Waals surface area contributed by atoms with Gasteiger partial charge in [-0.15, -0.1) is 0 Å². The Morgan fingerprint density at radius 3 is 2.05 bits per heavy atom. The normalized spacial score (nSPS) is 19.7. The lowest BCUT2D eigenvalue weighted by atomic mass is 10.4. The van der Waals surface area contributed by atoms with Crippen LogP contribution in [0.1, 0.15) is 0 Å². The smallest absolute Gasteiger partial charge is 0.232 e. The number of aromatic nitrogens is 3. The number of morpholine rings is 1. The van der Waals surface area contributed by atoms with Crippen molar-refractivity contribution in [1.29, 1.82) is 0 Å². The molecule has 0 aliphatic carbocycles. The van der Waals surface area contributed by atoms with E-state index in [2.05, 4.69) is 30.1 Å². The van der Waals surface area contributed by atoms with Crippen LogP contribution in [-0.2, 0) is 4.74 Å². The fourth-order valence-corrected chi connectivity index (χ4v) is 2.45. The van der Waals surface area contributed by atoms with E-state index in [4.69, 9.17) is 4.74 Å². The molecule has 0 bridgehead atoms. The molecule has 2 aliphatic heterocycles. The Labute approximate surface area is 125 Å². The van der Waals surface area contributed by atoms with Crippen LogP contribution >= 0.6 is 0 Å². The molecule has 2 aliphatic rings. The second-order valence-electron chi connectivity index (χ2n) is 5.47. The first-order chi connectivity index (χ1) is 10.2. The molecule has 0 radical (unpaired) electrons. The zero-order chi connectivity index (χ0) is 14.7. The van der Waals surface area contributed by atoms with Crippen molar-refractivity contribution in [3.8, 4) is 0 Å². The zero-order valence-corrected chi connectivity index (χ0v) is 12.7. The van der Waals surface area contributed by atoms with Crippen molar-refractivity contribution in [1.82, 2.24) is 20.3 Å². The van der Waals surface area contributed by atoms with E-state index < -0.39 is 0 Å². The lowest BCUT2D eigenvalue weighted by Gasteiger charge is -2.31. The standard InChI is InChI=1S/C13H23N7O/c1-18(2)11-15-12(19-5-3-14-4-6-19)17-13(16-11)20-7-9-21-10-8-20/h14H,3-10H2,1-2H3. The van der Waals surface area contributed by atoms with Gasteiger partial charge >= 0.3 is 0 Å². The topological polar surface area (TPSA) is 69.7 Å². The van der Waals surface area contributed by atoms with Crippen LogP contribution in [0.25, 0.3) is 0 Å². The van der Waals surface area contributed by atoms with Crippen LogP contribution < -0.4 is 20.0 Å². The van der Waals surface area contributed by atoms with Crippen LogP contribution in [0.2, 0.25) is 0 Å². The number of hydrogen-bond acceptors (Lipinski definition) is 8. The van der Waals surface area contributed by atoms with Crippen LogP contribution in [0.3, 0.4) is 0 Å². The molecule has 3 heterocycles. The fourth-order valence-electron chi connectivity index (χ4n) is 2.45. The number of nitrogens with one attached hydrogen (secondary N) is 1. The van der Waals surface area contributed by atoms with Crippen molar-refractivity contribution in [3.05, 3.63) is 0 Å². The van der Waals surface area contributed by atoms with Crippen molar-refractivity contribution in [2.75, 3.05) is 81.3 Å². The maximum absolute atomic E-state index is 5.40. The van der Waals surface area contributed by atoms with E-state index >= 15 is 0 Å². The molecule has 1 aromatic heterocycles. The summed E-state index contributed by atoms with van der Waals surface area (Å²) in [4.78, 5) is 20.2. The molecule has 3 rings (SSSR count). The monoisotopic (exact) mass is 293 g/mol. The van der Waals surface area contributed by atoms with E-state index in [1.165, 1.54) is 0 Å². The van der Waals surface area contributed by atoms with Gasteiger partial charge < -0.3 is 24.8 Å². The summed E-state index contributed by atoms with van der Waals surface area (Å²) in [6, 6.07) is 0. The Kier molecular flexibility index (Phi) is 4.35. The van der Waals surface area contributed by atoms with E-state index in [-0.39, 0.29) is 0 Å². The Hall–Kier alpha value is -1.67. The first kappa shape index (κ1) is 14.3. The molecule has 0 unspecified atom stereocenters. The SMILES string of the molecule is CN(C)c1nc(N2CCNCC2)nc(N2CCOCC2)n1. The van der Waals surface area contributed by atoms with Gasteiger partial charge in [-0.2, -0.15) is 15.0 Å². The molecule has 21 heavy (non-hydrogen) atoms. The number of anilines is 3. The molecule has 0 atom stereocenters. The maximum Gasteiger partial charge on any atom is 0.232 e. The molecule has 2 saturated heterocycles. The average Bonchev–Trinajstić information content (AvgIpc) is 2.56. The maximum atomic E-state index is 5.40. The molecule has 1 aromatic rings. The molecular formula is C13H23N7O. The molecule has 0 aromatic carbocycles. The Bertz CT molecular complexity index is 433. The molecule has 116 valence electrons. The lowest BCUT2D eigenvalue weighted by Crippen LogP contribution is -2.45. The fraction of sp³-hybridized carbons (Fsp3) is 0.769. The number of ether oxygens (including phenoxy) is 1. The summed E-state index contributed by atoms with van der Waals surface area (Å²) in [5.41, 5.74) is 0. The lowest BCUT2D eigenvalue weighted by molar-refractivity contribution is 0.122. The second kappa shape index (κ2) is 6.40. The van der Waals surface area contributed by atoms with Crippen LogP contribution in [0.4, 0.5) is 17.8 Å². The summed E-state index contributed by atoms with van der Waals surface area (Å²) in [7, 11) is 3.92. The molecule has 0 spiro atoms. The molecule has 0 amide bonds. The van der Waals surface area contributed by atoms with E-state index in [9.17, 15) is 0 Å². The summed E-state index contributed by atoms with van der Waals surface area (Å²) in [5, 5.41) is 3.35. The molecule has 8 nitrogen and oxygen atoms in total. The van der Waals surface area contributed by atoms with Gasteiger partial charge in [-0.25, -0.2) is 0 Å². The number of nitrogens with zero attached hydrogens (tertiary/aromatic N) is 6. The van der Waals surface area contributed by atoms with Gasteiger partial charge in [-0.1, -0.05) is 0 Å². The minimum absolute atomic E-state index is 0.708. The first-order valence-electron chi connectivity index (χ1n) is 7.46. The Morgan fingerprint density at radius 1 is 0.905 bits per heavy atom. The number of rotatable bonds is 3. The van der Waals surface area contributed by atoms with Gasteiger partial charge in [-0.05, 0) is 0 Å². The molecule has 8 heteroatoms. The number of piperazine rings is 1. The van der Waals surface area contributed by atoms with Gasteiger partial charge in [0, 0.05) is 53.4 Å². The van der Waals surface area contributed by atoms with E-state index in [1.807, 2.05) is 19.0 Å². The van der Waals surface area contributed by atoms with Crippen LogP contribution in [0.15, 0.2) is 0 Å². The highest BCUT2D eigenvalue weighted by Crippen LogP contribution is 2.19. The summed E-state index contributed by atoms with van der Waals surface area (Å²) in [5.74, 6) is 2.24. The van der Waals surface area contributed by atoms with E-state index in [0.717, 1.165) is 64.4 Å². The van der Waals surface area contributed by atoms with Gasteiger partial charge in [-0.3, -0.25) is 0 Å². The largest absolute Gasteiger partial charge is 0.378 e. The summed E-state index contributed by atoms with van der Waals surface area (Å²) < 4.78 is 5.40. The van der Waals surface area contributed by atoms with Crippen molar-refractivity contribution in [2.45, 2.75) is 0 Å². The van der Waals surface area contributed by atoms with Gasteiger partial charge in [0.25, 0.3) is 0 Å². The third-order valence-corrected chi connectivity index (χ3v) is 3.69. The van der Waals surface area contributed by atoms with Crippen molar-refractivity contribution in [2.24, 2.45) is 0 Å². The van der Waals surface area contributed by atoms with Gasteiger partial charge in [0.1, 0.15) is 0 Å². The van der Waals surface area contributed by atoms with Crippen molar-refractivity contribution >= 4 is 17.8 Å². The summed E-state index contributed by atoms with van der Waals surface area (Å²) in [6.07, 6.45) is 0.